The standard InChI is InChI=1S/C14H20N2OSi/c1-14(17,13(16-15)18(2,3)4)11-10-12-8-6-5-7-9-12/h5-11,17H,1-4H3/b11-10+. The first-order valence-electron chi connectivity index (χ1n) is 5.97. The van der Waals surface area contributed by atoms with E-state index < -0.39 is 13.7 Å². The van der Waals surface area contributed by atoms with Crippen LogP contribution in [-0.4, -0.2) is 28.9 Å². The van der Waals surface area contributed by atoms with Gasteiger partial charge in [-0.05, 0) is 18.6 Å². The van der Waals surface area contributed by atoms with Gasteiger partial charge < -0.3 is 10.6 Å². The first-order valence-corrected chi connectivity index (χ1v) is 9.47. The molecule has 96 valence electrons. The topological polar surface area (TPSA) is 56.6 Å². The van der Waals surface area contributed by atoms with Gasteiger partial charge >= 0.3 is 0 Å². The maximum absolute atomic E-state index is 10.4. The average Bonchev–Trinajstić information content (AvgIpc) is 2.26. The Labute approximate surface area is 109 Å². The van der Waals surface area contributed by atoms with E-state index in [-0.39, 0.29) is 0 Å². The van der Waals surface area contributed by atoms with Crippen LogP contribution in [0.5, 0.6) is 0 Å². The smallest absolute Gasteiger partial charge is 0.270 e. The molecule has 1 rings (SSSR count). The van der Waals surface area contributed by atoms with E-state index >= 15 is 0 Å². The summed E-state index contributed by atoms with van der Waals surface area (Å²) in [5, 5.41) is 10.9. The molecule has 4 heteroatoms. The quantitative estimate of drug-likeness (QED) is 0.385. The highest BCUT2D eigenvalue weighted by Gasteiger charge is 2.43. The highest BCUT2D eigenvalue weighted by atomic mass is 28.3. The van der Waals surface area contributed by atoms with Gasteiger partial charge in [-0.25, -0.2) is 0 Å². The van der Waals surface area contributed by atoms with Crippen molar-refractivity contribution in [3.63, 3.8) is 0 Å². The third kappa shape index (κ3) is 3.77. The Hall–Kier alpha value is -1.48. The van der Waals surface area contributed by atoms with Gasteiger partial charge in [0.15, 0.2) is 13.7 Å². The van der Waals surface area contributed by atoms with Crippen LogP contribution < -0.4 is 0 Å². The minimum absolute atomic E-state index is 0.474. The van der Waals surface area contributed by atoms with Crippen LogP contribution in [-0.2, 0) is 0 Å². The van der Waals surface area contributed by atoms with Crippen LogP contribution in [0.1, 0.15) is 12.5 Å². The zero-order chi connectivity index (χ0) is 13.8. The van der Waals surface area contributed by atoms with Crippen molar-refractivity contribution in [3.8, 4) is 0 Å². The van der Waals surface area contributed by atoms with Crippen molar-refractivity contribution in [2.45, 2.75) is 32.2 Å². The van der Waals surface area contributed by atoms with Gasteiger partial charge in [0.1, 0.15) is 0 Å². The number of nitrogens with zero attached hydrogens (tertiary/aromatic N) is 2. The minimum atomic E-state index is -1.86. The largest absolute Gasteiger partial charge is 0.375 e. The molecule has 1 aromatic rings. The molecule has 3 nitrogen and oxygen atoms in total. The summed E-state index contributed by atoms with van der Waals surface area (Å²) < 4.78 is 0. The van der Waals surface area contributed by atoms with E-state index in [2.05, 4.69) is 4.79 Å². The van der Waals surface area contributed by atoms with Crippen molar-refractivity contribution in [1.29, 1.82) is 0 Å². The van der Waals surface area contributed by atoms with Crippen LogP contribution in [0.4, 0.5) is 0 Å². The second-order valence-corrected chi connectivity index (χ2v) is 10.6. The third-order valence-electron chi connectivity index (χ3n) is 2.69. The molecule has 0 aliphatic carbocycles. The Morgan fingerprint density at radius 1 is 1.28 bits per heavy atom. The first-order chi connectivity index (χ1) is 8.27. The van der Waals surface area contributed by atoms with E-state index in [1.165, 1.54) is 0 Å². The number of benzene rings is 1. The molecule has 0 aromatic heterocycles. The van der Waals surface area contributed by atoms with Gasteiger partial charge in [0.05, 0.1) is 0 Å². The lowest BCUT2D eigenvalue weighted by atomic mass is 10.1. The van der Waals surface area contributed by atoms with E-state index in [0.29, 0.717) is 5.33 Å². The fraction of sp³-hybridized carbons (Fsp3) is 0.357. The van der Waals surface area contributed by atoms with Gasteiger partial charge in [0.25, 0.3) is 5.33 Å². The molecule has 18 heavy (non-hydrogen) atoms. The summed E-state index contributed by atoms with van der Waals surface area (Å²) in [7, 11) is -1.86. The summed E-state index contributed by atoms with van der Waals surface area (Å²) in [6, 6.07) is 9.73. The second-order valence-electron chi connectivity index (χ2n) is 5.59. The van der Waals surface area contributed by atoms with Crippen molar-refractivity contribution in [1.82, 2.24) is 0 Å². The molecule has 0 spiro atoms. The van der Waals surface area contributed by atoms with Crippen molar-refractivity contribution in [2.24, 2.45) is 0 Å². The van der Waals surface area contributed by atoms with Crippen LogP contribution in [0.2, 0.25) is 19.6 Å². The van der Waals surface area contributed by atoms with Crippen LogP contribution in [0.3, 0.4) is 0 Å². The highest BCUT2D eigenvalue weighted by molar-refractivity contribution is 7.04. The Morgan fingerprint density at radius 3 is 2.28 bits per heavy atom. The van der Waals surface area contributed by atoms with Crippen molar-refractivity contribution < 1.29 is 9.90 Å². The lowest BCUT2D eigenvalue weighted by Crippen LogP contribution is -2.49. The molecule has 1 unspecified atom stereocenters. The molecular weight excluding hydrogens is 240 g/mol. The van der Waals surface area contributed by atoms with Crippen molar-refractivity contribution in [3.05, 3.63) is 47.5 Å². The van der Waals surface area contributed by atoms with Crippen molar-refractivity contribution >= 4 is 19.5 Å². The Balaban J connectivity index is 3.02. The summed E-state index contributed by atoms with van der Waals surface area (Å²) in [5.74, 6) is 0. The second kappa shape index (κ2) is 5.44. The lowest BCUT2D eigenvalue weighted by molar-refractivity contribution is -0.0231. The van der Waals surface area contributed by atoms with E-state index in [9.17, 15) is 5.11 Å². The predicted octanol–water partition coefficient (Wildman–Crippen LogP) is 3.00. The Morgan fingerprint density at radius 2 is 1.83 bits per heavy atom. The summed E-state index contributed by atoms with van der Waals surface area (Å²) in [5.41, 5.74) is 8.92. The molecule has 1 N–H and O–H groups in total. The maximum Gasteiger partial charge on any atom is 0.270 e. The third-order valence-corrected chi connectivity index (χ3v) is 4.72. The fourth-order valence-electron chi connectivity index (χ4n) is 1.91. The van der Waals surface area contributed by atoms with Crippen LogP contribution in [0.15, 0.2) is 36.4 Å². The van der Waals surface area contributed by atoms with Gasteiger partial charge in [0, 0.05) is 0 Å². The molecule has 0 fully saturated rings. The van der Waals surface area contributed by atoms with Crippen LogP contribution in [0.25, 0.3) is 11.6 Å². The number of aliphatic hydroxyl groups is 1. The molecule has 0 bridgehead atoms. The van der Waals surface area contributed by atoms with Crippen LogP contribution in [0, 0.1) is 0 Å². The molecule has 0 heterocycles. The molecule has 0 saturated carbocycles. The monoisotopic (exact) mass is 260 g/mol. The van der Waals surface area contributed by atoms with Gasteiger partial charge in [0.2, 0.25) is 0 Å². The molecule has 0 radical (unpaired) electrons. The minimum Gasteiger partial charge on any atom is -0.375 e. The van der Waals surface area contributed by atoms with Gasteiger partial charge in [-0.15, -0.1) is 0 Å². The highest BCUT2D eigenvalue weighted by Crippen LogP contribution is 2.18. The maximum atomic E-state index is 10.4. The average molecular weight is 260 g/mol. The lowest BCUT2D eigenvalue weighted by Gasteiger charge is -2.21. The van der Waals surface area contributed by atoms with E-state index in [4.69, 9.17) is 5.53 Å². The van der Waals surface area contributed by atoms with Crippen LogP contribution >= 0.6 is 0 Å². The van der Waals surface area contributed by atoms with Gasteiger partial charge in [-0.1, -0.05) is 56.0 Å². The molecule has 1 atom stereocenters. The van der Waals surface area contributed by atoms with Gasteiger partial charge in [-0.2, -0.15) is 4.79 Å². The summed E-state index contributed by atoms with van der Waals surface area (Å²) >= 11 is 0. The van der Waals surface area contributed by atoms with E-state index in [1.54, 1.807) is 13.0 Å². The zero-order valence-electron chi connectivity index (χ0n) is 11.4. The normalized spacial score (nSPS) is 15.2. The summed E-state index contributed by atoms with van der Waals surface area (Å²) in [6.45, 7) is 7.76. The Bertz CT molecular complexity index is 480. The van der Waals surface area contributed by atoms with E-state index in [1.807, 2.05) is 56.0 Å². The SMILES string of the molecule is CC(O)(/C=C/c1ccccc1)C(=[N+]=[N-])[Si](C)(C)C. The summed E-state index contributed by atoms with van der Waals surface area (Å²) in [4.78, 5) is 3.32. The number of rotatable bonds is 4. The molecular formula is C14H20N2OSi. The predicted molar refractivity (Wildman–Crippen MR) is 78.1 cm³/mol. The molecule has 0 aliphatic rings. The molecule has 0 saturated heterocycles. The van der Waals surface area contributed by atoms with Crippen molar-refractivity contribution in [2.75, 3.05) is 0 Å². The van der Waals surface area contributed by atoms with Gasteiger partial charge in [-0.3, -0.25) is 0 Å². The molecule has 0 amide bonds. The number of hydrogen-bond donors (Lipinski definition) is 1. The fourth-order valence-corrected chi connectivity index (χ4v) is 3.81. The number of hydrogen-bond acceptors (Lipinski definition) is 1. The first kappa shape index (κ1) is 14.6. The molecule has 1 aromatic carbocycles. The zero-order valence-corrected chi connectivity index (χ0v) is 12.4. The summed E-state index contributed by atoms with van der Waals surface area (Å²) in [6.07, 6.45) is 3.51. The Kier molecular flexibility index (Phi) is 4.41. The van der Waals surface area contributed by atoms with E-state index in [0.717, 1.165) is 5.56 Å². The molecule has 0 aliphatic heterocycles.